The summed E-state index contributed by atoms with van der Waals surface area (Å²) in [7, 11) is 0. The van der Waals surface area contributed by atoms with Gasteiger partial charge >= 0.3 is 5.97 Å². The van der Waals surface area contributed by atoms with Gasteiger partial charge in [0.1, 0.15) is 6.10 Å². The summed E-state index contributed by atoms with van der Waals surface area (Å²) in [5.41, 5.74) is 0.457. The number of rotatable bonds is 29. The van der Waals surface area contributed by atoms with Crippen LogP contribution in [0.3, 0.4) is 0 Å². The average Bonchev–Trinajstić information content (AvgIpc) is 3.47. The molecular formula is C38H76N2O2. The first-order chi connectivity index (χ1) is 20.3. The van der Waals surface area contributed by atoms with E-state index in [9.17, 15) is 4.79 Å². The lowest BCUT2D eigenvalue weighted by molar-refractivity contribution is -0.150. The number of likely N-dealkylation sites (tertiary alicyclic amines) is 1. The minimum atomic E-state index is 0.0571. The molecular weight excluding hydrogens is 516 g/mol. The molecule has 1 fully saturated rings. The van der Waals surface area contributed by atoms with E-state index < -0.39 is 0 Å². The smallest absolute Gasteiger partial charge is 0.306 e. The van der Waals surface area contributed by atoms with E-state index in [-0.39, 0.29) is 12.1 Å². The molecule has 1 aliphatic rings. The van der Waals surface area contributed by atoms with E-state index >= 15 is 0 Å². The SMILES string of the molecule is CCCCCCCCC(CCCCCCCC)OC(=O)CCCCCN(CCCCCC(C)(C)C)CCN1CCCC1. The standard InChI is InChI=1S/C38H76N2O2/c1-6-8-10-12-14-18-26-36(27-19-15-13-11-9-7-2)42-37(41)28-20-16-22-30-39(34-35-40-32-24-25-33-40)31-23-17-21-29-38(3,4)5/h36H,6-35H2,1-5H3. The van der Waals surface area contributed by atoms with E-state index in [0.29, 0.717) is 11.8 Å². The predicted molar refractivity (Wildman–Crippen MR) is 184 cm³/mol. The topological polar surface area (TPSA) is 32.8 Å². The third-order valence-corrected chi connectivity index (χ3v) is 9.24. The Morgan fingerprint density at radius 3 is 1.71 bits per heavy atom. The number of nitrogens with zero attached hydrogens (tertiary/aromatic N) is 2. The van der Waals surface area contributed by atoms with Crippen LogP contribution < -0.4 is 0 Å². The summed E-state index contributed by atoms with van der Waals surface area (Å²) in [4.78, 5) is 18.1. The fourth-order valence-corrected chi connectivity index (χ4v) is 6.39. The summed E-state index contributed by atoms with van der Waals surface area (Å²) in [5, 5.41) is 0. The Morgan fingerprint density at radius 2 is 1.17 bits per heavy atom. The summed E-state index contributed by atoms with van der Waals surface area (Å²) in [6, 6.07) is 0. The van der Waals surface area contributed by atoms with Crippen molar-refractivity contribution in [1.82, 2.24) is 9.80 Å². The molecule has 1 aliphatic heterocycles. The molecule has 0 unspecified atom stereocenters. The van der Waals surface area contributed by atoms with Gasteiger partial charge in [-0.05, 0) is 95.8 Å². The van der Waals surface area contributed by atoms with Crippen LogP contribution in [0.15, 0.2) is 0 Å². The van der Waals surface area contributed by atoms with Gasteiger partial charge in [0.05, 0.1) is 0 Å². The van der Waals surface area contributed by atoms with Gasteiger partial charge in [-0.2, -0.15) is 0 Å². The van der Waals surface area contributed by atoms with Crippen molar-refractivity contribution in [3.63, 3.8) is 0 Å². The van der Waals surface area contributed by atoms with Crippen LogP contribution in [0.1, 0.15) is 189 Å². The number of ether oxygens (including phenoxy) is 1. The number of hydrogen-bond acceptors (Lipinski definition) is 4. The number of esters is 1. The highest BCUT2D eigenvalue weighted by Gasteiger charge is 2.16. The highest BCUT2D eigenvalue weighted by molar-refractivity contribution is 5.69. The highest BCUT2D eigenvalue weighted by atomic mass is 16.5. The summed E-state index contributed by atoms with van der Waals surface area (Å²) in [5.74, 6) is 0.0571. The second kappa shape index (κ2) is 26.8. The van der Waals surface area contributed by atoms with Gasteiger partial charge in [-0.25, -0.2) is 0 Å². The molecule has 0 spiro atoms. The van der Waals surface area contributed by atoms with E-state index in [1.54, 1.807) is 0 Å². The van der Waals surface area contributed by atoms with Gasteiger partial charge in [0.25, 0.3) is 0 Å². The minimum Gasteiger partial charge on any atom is -0.462 e. The Hall–Kier alpha value is -0.610. The number of carbonyl (C=O) groups is 1. The molecule has 42 heavy (non-hydrogen) atoms. The Labute approximate surface area is 264 Å². The Bertz CT molecular complexity index is 580. The van der Waals surface area contributed by atoms with Gasteiger partial charge in [0.2, 0.25) is 0 Å². The molecule has 0 aromatic carbocycles. The molecule has 1 saturated heterocycles. The van der Waals surface area contributed by atoms with Crippen LogP contribution in [0.4, 0.5) is 0 Å². The fourth-order valence-electron chi connectivity index (χ4n) is 6.39. The van der Waals surface area contributed by atoms with Gasteiger partial charge in [0.15, 0.2) is 0 Å². The van der Waals surface area contributed by atoms with E-state index in [1.807, 2.05) is 0 Å². The zero-order chi connectivity index (χ0) is 30.7. The monoisotopic (exact) mass is 593 g/mol. The molecule has 1 heterocycles. The minimum absolute atomic E-state index is 0.0571. The maximum Gasteiger partial charge on any atom is 0.306 e. The molecule has 0 aromatic rings. The third kappa shape index (κ3) is 24.8. The quantitative estimate of drug-likeness (QED) is 0.0639. The third-order valence-electron chi connectivity index (χ3n) is 9.24. The summed E-state index contributed by atoms with van der Waals surface area (Å²) < 4.78 is 6.07. The highest BCUT2D eigenvalue weighted by Crippen LogP contribution is 2.22. The summed E-state index contributed by atoms with van der Waals surface area (Å²) in [6.45, 7) is 19.1. The van der Waals surface area contributed by atoms with Crippen LogP contribution in [-0.4, -0.2) is 61.1 Å². The van der Waals surface area contributed by atoms with Gasteiger partial charge < -0.3 is 14.5 Å². The lowest BCUT2D eigenvalue weighted by Gasteiger charge is -2.25. The van der Waals surface area contributed by atoms with Crippen molar-refractivity contribution in [3.8, 4) is 0 Å². The molecule has 0 aromatic heterocycles. The molecule has 0 radical (unpaired) electrons. The lowest BCUT2D eigenvalue weighted by Crippen LogP contribution is -2.35. The van der Waals surface area contributed by atoms with E-state index in [1.165, 1.54) is 161 Å². The predicted octanol–water partition coefficient (Wildman–Crippen LogP) is 11.0. The average molecular weight is 593 g/mol. The van der Waals surface area contributed by atoms with E-state index in [0.717, 1.165) is 25.7 Å². The summed E-state index contributed by atoms with van der Waals surface area (Å²) in [6.07, 6.45) is 30.0. The van der Waals surface area contributed by atoms with Crippen LogP contribution in [0.5, 0.6) is 0 Å². The zero-order valence-corrected chi connectivity index (χ0v) is 29.5. The first-order valence-electron chi connectivity index (χ1n) is 19.0. The molecule has 0 atom stereocenters. The second-order valence-corrected chi connectivity index (χ2v) is 14.8. The van der Waals surface area contributed by atoms with Gasteiger partial charge in [0, 0.05) is 19.5 Å². The normalized spacial score (nSPS) is 14.5. The van der Waals surface area contributed by atoms with Crippen LogP contribution in [0.25, 0.3) is 0 Å². The number of hydrogen-bond donors (Lipinski definition) is 0. The van der Waals surface area contributed by atoms with Crippen LogP contribution >= 0.6 is 0 Å². The Balaban J connectivity index is 2.33. The van der Waals surface area contributed by atoms with Crippen LogP contribution in [0, 0.1) is 5.41 Å². The zero-order valence-electron chi connectivity index (χ0n) is 29.5. The van der Waals surface area contributed by atoms with Crippen molar-refractivity contribution < 1.29 is 9.53 Å². The molecule has 1 rings (SSSR count). The molecule has 0 N–H and O–H groups in total. The first-order valence-corrected chi connectivity index (χ1v) is 19.0. The van der Waals surface area contributed by atoms with E-state index in [4.69, 9.17) is 4.74 Å². The maximum atomic E-state index is 12.8. The van der Waals surface area contributed by atoms with Crippen molar-refractivity contribution in [3.05, 3.63) is 0 Å². The maximum absolute atomic E-state index is 12.8. The number of unbranched alkanes of at least 4 members (excludes halogenated alkanes) is 14. The Morgan fingerprint density at radius 1 is 0.667 bits per heavy atom. The van der Waals surface area contributed by atoms with Gasteiger partial charge in [-0.15, -0.1) is 0 Å². The number of carbonyl (C=O) groups excluding carboxylic acids is 1. The van der Waals surface area contributed by atoms with Gasteiger partial charge in [-0.1, -0.05) is 118 Å². The van der Waals surface area contributed by atoms with Crippen LogP contribution in [0.2, 0.25) is 0 Å². The van der Waals surface area contributed by atoms with Crippen molar-refractivity contribution >= 4 is 5.97 Å². The summed E-state index contributed by atoms with van der Waals surface area (Å²) >= 11 is 0. The van der Waals surface area contributed by atoms with Crippen molar-refractivity contribution in [2.24, 2.45) is 5.41 Å². The molecule has 0 amide bonds. The van der Waals surface area contributed by atoms with Crippen LogP contribution in [-0.2, 0) is 9.53 Å². The first kappa shape index (κ1) is 39.4. The lowest BCUT2D eigenvalue weighted by atomic mass is 9.89. The second-order valence-electron chi connectivity index (χ2n) is 14.8. The largest absolute Gasteiger partial charge is 0.462 e. The fraction of sp³-hybridized carbons (Fsp3) is 0.974. The molecule has 0 saturated carbocycles. The molecule has 0 aliphatic carbocycles. The van der Waals surface area contributed by atoms with Gasteiger partial charge in [-0.3, -0.25) is 4.79 Å². The Kier molecular flexibility index (Phi) is 25.1. The van der Waals surface area contributed by atoms with Crippen molar-refractivity contribution in [1.29, 1.82) is 0 Å². The van der Waals surface area contributed by atoms with Crippen molar-refractivity contribution in [2.45, 2.75) is 195 Å². The molecule has 0 bridgehead atoms. The molecule has 4 nitrogen and oxygen atoms in total. The molecule has 250 valence electrons. The molecule has 4 heteroatoms. The van der Waals surface area contributed by atoms with E-state index in [2.05, 4.69) is 44.4 Å². The van der Waals surface area contributed by atoms with Crippen molar-refractivity contribution in [2.75, 3.05) is 39.3 Å².